The van der Waals surface area contributed by atoms with Gasteiger partial charge in [-0.25, -0.2) is 4.39 Å². The van der Waals surface area contributed by atoms with E-state index >= 15 is 0 Å². The molecule has 1 unspecified atom stereocenters. The molecule has 3 aliphatic heterocycles. The van der Waals surface area contributed by atoms with Crippen molar-refractivity contribution in [2.45, 2.75) is 25.4 Å². The van der Waals surface area contributed by atoms with Gasteiger partial charge in [-0.2, -0.15) is 0 Å². The van der Waals surface area contributed by atoms with Crippen LogP contribution in [-0.4, -0.2) is 54.8 Å². The number of halogens is 1. The standard InChI is InChI=1S/C17H19FN4O3/c18-12-8-11-10(7-14(12)21-5-3-19-4-6-21)9-22(17(11)25)13-1-2-15(23)20-16(13)24/h7-8,13,19H,1-6,9H2,(H,20,23,24). The number of amides is 3. The van der Waals surface area contributed by atoms with Crippen molar-refractivity contribution >= 4 is 23.4 Å². The molecular formula is C17H19FN4O3. The Balaban J connectivity index is 1.60. The van der Waals surface area contributed by atoms with E-state index in [1.807, 2.05) is 4.90 Å². The minimum atomic E-state index is -0.678. The summed E-state index contributed by atoms with van der Waals surface area (Å²) in [4.78, 5) is 39.4. The van der Waals surface area contributed by atoms with Gasteiger partial charge < -0.3 is 15.1 Å². The molecule has 3 heterocycles. The third kappa shape index (κ3) is 2.76. The lowest BCUT2D eigenvalue weighted by Gasteiger charge is -2.30. The van der Waals surface area contributed by atoms with Crippen LogP contribution in [0.2, 0.25) is 0 Å². The van der Waals surface area contributed by atoms with Crippen LogP contribution in [0.4, 0.5) is 10.1 Å². The number of anilines is 1. The zero-order chi connectivity index (χ0) is 17.6. The summed E-state index contributed by atoms with van der Waals surface area (Å²) in [5.41, 5.74) is 1.53. The molecule has 1 aromatic carbocycles. The molecule has 3 amide bonds. The molecule has 8 heteroatoms. The second-order valence-corrected chi connectivity index (χ2v) is 6.60. The topological polar surface area (TPSA) is 81.8 Å². The Morgan fingerprint density at radius 2 is 1.88 bits per heavy atom. The fourth-order valence-corrected chi connectivity index (χ4v) is 3.72. The molecule has 2 N–H and O–H groups in total. The Morgan fingerprint density at radius 3 is 2.60 bits per heavy atom. The quantitative estimate of drug-likeness (QED) is 0.737. The molecule has 4 rings (SSSR count). The van der Waals surface area contributed by atoms with Gasteiger partial charge in [-0.05, 0) is 24.1 Å². The van der Waals surface area contributed by atoms with Gasteiger partial charge in [-0.1, -0.05) is 0 Å². The number of imide groups is 1. The Morgan fingerprint density at radius 1 is 1.12 bits per heavy atom. The van der Waals surface area contributed by atoms with Gasteiger partial charge in [-0.3, -0.25) is 19.7 Å². The summed E-state index contributed by atoms with van der Waals surface area (Å²) >= 11 is 0. The van der Waals surface area contributed by atoms with Gasteiger partial charge >= 0.3 is 0 Å². The highest BCUT2D eigenvalue weighted by Crippen LogP contribution is 2.32. The first kappa shape index (κ1) is 16.0. The van der Waals surface area contributed by atoms with Crippen molar-refractivity contribution in [1.29, 1.82) is 0 Å². The maximum Gasteiger partial charge on any atom is 0.255 e. The predicted octanol–water partition coefficient (Wildman–Crippen LogP) is -0.00370. The summed E-state index contributed by atoms with van der Waals surface area (Å²) in [6.45, 7) is 3.26. The van der Waals surface area contributed by atoms with Crippen LogP contribution in [0.15, 0.2) is 12.1 Å². The highest BCUT2D eigenvalue weighted by Gasteiger charge is 2.39. The number of hydrogen-bond donors (Lipinski definition) is 2. The molecule has 0 spiro atoms. The monoisotopic (exact) mass is 346 g/mol. The van der Waals surface area contributed by atoms with E-state index < -0.39 is 17.8 Å². The molecule has 0 bridgehead atoms. The van der Waals surface area contributed by atoms with Gasteiger partial charge in [0.25, 0.3) is 5.91 Å². The second-order valence-electron chi connectivity index (χ2n) is 6.60. The molecule has 132 valence electrons. The van der Waals surface area contributed by atoms with Crippen LogP contribution in [0.5, 0.6) is 0 Å². The first-order chi connectivity index (χ1) is 12.0. The molecular weight excluding hydrogens is 327 g/mol. The molecule has 3 aliphatic rings. The van der Waals surface area contributed by atoms with Crippen LogP contribution in [0.1, 0.15) is 28.8 Å². The number of carbonyl (C=O) groups is 3. The summed E-state index contributed by atoms with van der Waals surface area (Å²) in [5, 5.41) is 5.49. The number of piperidine rings is 1. The first-order valence-electron chi connectivity index (χ1n) is 8.47. The fraction of sp³-hybridized carbons (Fsp3) is 0.471. The number of hydrogen-bond acceptors (Lipinski definition) is 5. The smallest absolute Gasteiger partial charge is 0.255 e. The van der Waals surface area contributed by atoms with E-state index in [4.69, 9.17) is 0 Å². The third-order valence-electron chi connectivity index (χ3n) is 5.05. The molecule has 2 saturated heterocycles. The molecule has 0 aromatic heterocycles. The van der Waals surface area contributed by atoms with Crippen LogP contribution < -0.4 is 15.5 Å². The van der Waals surface area contributed by atoms with Crippen LogP contribution in [0.25, 0.3) is 0 Å². The minimum absolute atomic E-state index is 0.205. The van der Waals surface area contributed by atoms with Crippen molar-refractivity contribution < 1.29 is 18.8 Å². The summed E-state index contributed by atoms with van der Waals surface area (Å²) < 4.78 is 14.5. The van der Waals surface area contributed by atoms with E-state index in [1.54, 1.807) is 6.07 Å². The Hall–Kier alpha value is -2.48. The van der Waals surface area contributed by atoms with Crippen molar-refractivity contribution in [3.05, 3.63) is 29.1 Å². The number of carbonyl (C=O) groups excluding carboxylic acids is 3. The molecule has 0 saturated carbocycles. The van der Waals surface area contributed by atoms with E-state index in [-0.39, 0.29) is 24.8 Å². The van der Waals surface area contributed by atoms with Gasteiger partial charge in [0.2, 0.25) is 11.8 Å². The maximum absolute atomic E-state index is 14.5. The molecule has 7 nitrogen and oxygen atoms in total. The van der Waals surface area contributed by atoms with E-state index in [9.17, 15) is 18.8 Å². The third-order valence-corrected chi connectivity index (χ3v) is 5.05. The molecule has 1 aromatic rings. The number of nitrogens with zero attached hydrogens (tertiary/aromatic N) is 2. The number of rotatable bonds is 2. The Bertz CT molecular complexity index is 761. The zero-order valence-corrected chi connectivity index (χ0v) is 13.7. The summed E-state index contributed by atoms with van der Waals surface area (Å²) in [6, 6.07) is 2.32. The van der Waals surface area contributed by atoms with Crippen LogP contribution in [-0.2, 0) is 16.1 Å². The number of piperazine rings is 1. The lowest BCUT2D eigenvalue weighted by Crippen LogP contribution is -2.52. The first-order valence-corrected chi connectivity index (χ1v) is 8.47. The maximum atomic E-state index is 14.5. The van der Waals surface area contributed by atoms with Gasteiger partial charge in [0.05, 0.1) is 5.69 Å². The highest BCUT2D eigenvalue weighted by atomic mass is 19.1. The van der Waals surface area contributed by atoms with Gasteiger partial charge in [-0.15, -0.1) is 0 Å². The lowest BCUT2D eigenvalue weighted by atomic mass is 10.0. The SMILES string of the molecule is O=C1CCC(N2Cc3cc(N4CCNCC4)c(F)cc3C2=O)C(=O)N1. The molecule has 0 radical (unpaired) electrons. The molecule has 25 heavy (non-hydrogen) atoms. The summed E-state index contributed by atoms with van der Waals surface area (Å²) in [5.74, 6) is -1.55. The molecule has 0 aliphatic carbocycles. The van der Waals surface area contributed by atoms with E-state index in [2.05, 4.69) is 10.6 Å². The van der Waals surface area contributed by atoms with Crippen LogP contribution >= 0.6 is 0 Å². The summed E-state index contributed by atoms with van der Waals surface area (Å²) in [6.07, 6.45) is 0.508. The van der Waals surface area contributed by atoms with Crippen molar-refractivity contribution in [2.24, 2.45) is 0 Å². The minimum Gasteiger partial charge on any atom is -0.367 e. The van der Waals surface area contributed by atoms with Gasteiger partial charge in [0.15, 0.2) is 0 Å². The molecule has 2 fully saturated rings. The van der Waals surface area contributed by atoms with Gasteiger partial charge in [0, 0.05) is 44.7 Å². The fourth-order valence-electron chi connectivity index (χ4n) is 3.72. The van der Waals surface area contributed by atoms with Gasteiger partial charge in [0.1, 0.15) is 11.9 Å². The Kier molecular flexibility index (Phi) is 3.91. The van der Waals surface area contributed by atoms with Crippen LogP contribution in [0, 0.1) is 5.82 Å². The van der Waals surface area contributed by atoms with Crippen molar-refractivity contribution in [3.8, 4) is 0 Å². The highest BCUT2D eigenvalue weighted by molar-refractivity contribution is 6.05. The normalized spacial score (nSPS) is 23.7. The number of benzene rings is 1. The van der Waals surface area contributed by atoms with E-state index in [0.717, 1.165) is 18.7 Å². The van der Waals surface area contributed by atoms with Crippen molar-refractivity contribution in [1.82, 2.24) is 15.5 Å². The zero-order valence-electron chi connectivity index (χ0n) is 13.7. The van der Waals surface area contributed by atoms with Crippen LogP contribution in [0.3, 0.4) is 0 Å². The largest absolute Gasteiger partial charge is 0.367 e. The Labute approximate surface area is 144 Å². The second kappa shape index (κ2) is 6.11. The van der Waals surface area contributed by atoms with E-state index in [0.29, 0.717) is 30.8 Å². The lowest BCUT2D eigenvalue weighted by molar-refractivity contribution is -0.136. The molecule has 1 atom stereocenters. The average molecular weight is 346 g/mol. The van der Waals surface area contributed by atoms with Crippen molar-refractivity contribution in [2.75, 3.05) is 31.1 Å². The predicted molar refractivity (Wildman–Crippen MR) is 87.5 cm³/mol. The summed E-state index contributed by atoms with van der Waals surface area (Å²) in [7, 11) is 0. The number of nitrogens with one attached hydrogen (secondary N) is 2. The van der Waals surface area contributed by atoms with E-state index in [1.165, 1.54) is 11.0 Å². The number of fused-ring (bicyclic) bond motifs is 1. The van der Waals surface area contributed by atoms with Crippen molar-refractivity contribution in [3.63, 3.8) is 0 Å². The average Bonchev–Trinajstić information content (AvgIpc) is 2.91.